The fraction of sp³-hybridized carbons (Fsp3) is 0.214. The Morgan fingerprint density at radius 3 is 2.79 bits per heavy atom. The van der Waals surface area contributed by atoms with Crippen molar-refractivity contribution in [3.05, 3.63) is 53.7 Å². The molecule has 19 heavy (non-hydrogen) atoms. The third kappa shape index (κ3) is 2.93. The Bertz CT molecular complexity index is 566. The van der Waals surface area contributed by atoms with Gasteiger partial charge in [-0.3, -0.25) is 4.79 Å². The van der Waals surface area contributed by atoms with E-state index in [0.29, 0.717) is 11.5 Å². The van der Waals surface area contributed by atoms with Crippen LogP contribution in [0.15, 0.2) is 41.0 Å². The van der Waals surface area contributed by atoms with Crippen LogP contribution in [-0.2, 0) is 0 Å². The van der Waals surface area contributed by atoms with Crippen molar-refractivity contribution >= 4 is 5.91 Å². The predicted octanol–water partition coefficient (Wildman–Crippen LogP) is 2.92. The van der Waals surface area contributed by atoms with Gasteiger partial charge in [0.15, 0.2) is 0 Å². The summed E-state index contributed by atoms with van der Waals surface area (Å²) < 4.78 is 23.8. The van der Waals surface area contributed by atoms with Gasteiger partial charge in [0.1, 0.15) is 17.3 Å². The van der Waals surface area contributed by atoms with Gasteiger partial charge in [0.25, 0.3) is 5.91 Å². The number of rotatable bonds is 4. The molecule has 0 radical (unpaired) electrons. The molecule has 1 aromatic carbocycles. The Kier molecular flexibility index (Phi) is 3.85. The molecular formula is C14H14FNO3. The van der Waals surface area contributed by atoms with E-state index >= 15 is 0 Å². The molecule has 1 aromatic heterocycles. The molecule has 1 N–H and O–H groups in total. The maximum Gasteiger partial charge on any atom is 0.254 e. The molecule has 1 heterocycles. The summed E-state index contributed by atoms with van der Waals surface area (Å²) in [5.74, 6) is -0.136. The van der Waals surface area contributed by atoms with Crippen molar-refractivity contribution in [2.24, 2.45) is 0 Å². The van der Waals surface area contributed by atoms with Gasteiger partial charge in [-0.2, -0.15) is 0 Å². The van der Waals surface area contributed by atoms with E-state index in [0.717, 1.165) is 0 Å². The number of carbonyl (C=O) groups excluding carboxylic acids is 1. The van der Waals surface area contributed by atoms with Gasteiger partial charge in [0.05, 0.1) is 25.0 Å². The molecule has 1 atom stereocenters. The van der Waals surface area contributed by atoms with E-state index in [-0.39, 0.29) is 11.6 Å². The summed E-state index contributed by atoms with van der Waals surface area (Å²) in [5, 5.41) is 2.66. The number of ether oxygens (including phenoxy) is 1. The van der Waals surface area contributed by atoms with Gasteiger partial charge in [-0.05, 0) is 31.2 Å². The molecule has 2 rings (SSSR count). The molecule has 5 heteroatoms. The molecule has 1 amide bonds. The van der Waals surface area contributed by atoms with Crippen LogP contribution in [0.25, 0.3) is 0 Å². The minimum absolute atomic E-state index is 0.0285. The highest BCUT2D eigenvalue weighted by Gasteiger charge is 2.16. The first-order valence-corrected chi connectivity index (χ1v) is 5.79. The van der Waals surface area contributed by atoms with Crippen molar-refractivity contribution in [3.8, 4) is 5.75 Å². The van der Waals surface area contributed by atoms with Crippen molar-refractivity contribution in [1.29, 1.82) is 0 Å². The normalized spacial score (nSPS) is 11.9. The summed E-state index contributed by atoms with van der Waals surface area (Å²) in [6.45, 7) is 1.76. The zero-order valence-corrected chi connectivity index (χ0v) is 10.6. The average molecular weight is 263 g/mol. The molecule has 4 nitrogen and oxygen atoms in total. The van der Waals surface area contributed by atoms with Gasteiger partial charge in [-0.1, -0.05) is 0 Å². The van der Waals surface area contributed by atoms with E-state index in [1.54, 1.807) is 19.1 Å². The second-order valence-electron chi connectivity index (χ2n) is 4.06. The van der Waals surface area contributed by atoms with Crippen LogP contribution in [0.4, 0.5) is 4.39 Å². The highest BCUT2D eigenvalue weighted by atomic mass is 19.1. The Hall–Kier alpha value is -2.30. The van der Waals surface area contributed by atoms with E-state index in [4.69, 9.17) is 9.15 Å². The van der Waals surface area contributed by atoms with Gasteiger partial charge in [-0.15, -0.1) is 0 Å². The molecule has 0 aliphatic heterocycles. The first kappa shape index (κ1) is 13.1. The van der Waals surface area contributed by atoms with Crippen molar-refractivity contribution < 1.29 is 18.3 Å². The minimum atomic E-state index is -0.622. The third-order valence-corrected chi connectivity index (χ3v) is 2.74. The molecule has 0 bridgehead atoms. The van der Waals surface area contributed by atoms with E-state index in [9.17, 15) is 9.18 Å². The summed E-state index contributed by atoms with van der Waals surface area (Å²) in [4.78, 5) is 11.9. The summed E-state index contributed by atoms with van der Waals surface area (Å²) in [6.07, 6.45) is 1.52. The molecule has 1 unspecified atom stereocenters. The van der Waals surface area contributed by atoms with Gasteiger partial charge in [0, 0.05) is 6.07 Å². The monoisotopic (exact) mass is 263 g/mol. The highest BCUT2D eigenvalue weighted by Crippen LogP contribution is 2.18. The molecule has 2 aromatic rings. The zero-order valence-electron chi connectivity index (χ0n) is 10.6. The van der Waals surface area contributed by atoms with Gasteiger partial charge in [-0.25, -0.2) is 4.39 Å². The smallest absolute Gasteiger partial charge is 0.254 e. The standard InChI is InChI=1S/C14H14FNO3/c1-9(13-4-3-7-19-13)16-14(17)11-6-5-10(18-2)8-12(11)15/h3-9H,1-2H3,(H,16,17). The molecule has 0 fully saturated rings. The van der Waals surface area contributed by atoms with E-state index in [2.05, 4.69) is 5.32 Å². The maximum absolute atomic E-state index is 13.7. The number of nitrogens with one attached hydrogen (secondary N) is 1. The number of methoxy groups -OCH3 is 1. The zero-order chi connectivity index (χ0) is 13.8. The van der Waals surface area contributed by atoms with Gasteiger partial charge < -0.3 is 14.5 Å². The second-order valence-corrected chi connectivity index (χ2v) is 4.06. The van der Waals surface area contributed by atoms with Crippen LogP contribution in [0.1, 0.15) is 29.1 Å². The van der Waals surface area contributed by atoms with E-state index in [1.807, 2.05) is 0 Å². The number of carbonyl (C=O) groups is 1. The maximum atomic E-state index is 13.7. The predicted molar refractivity (Wildman–Crippen MR) is 67.5 cm³/mol. The van der Waals surface area contributed by atoms with Crippen LogP contribution in [-0.4, -0.2) is 13.0 Å². The molecule has 0 saturated carbocycles. The Morgan fingerprint density at radius 2 is 2.21 bits per heavy atom. The molecule has 0 aliphatic rings. The minimum Gasteiger partial charge on any atom is -0.497 e. The third-order valence-electron chi connectivity index (χ3n) is 2.74. The van der Waals surface area contributed by atoms with Gasteiger partial charge >= 0.3 is 0 Å². The topological polar surface area (TPSA) is 51.5 Å². The quantitative estimate of drug-likeness (QED) is 0.922. The number of amides is 1. The fourth-order valence-corrected chi connectivity index (χ4v) is 1.69. The van der Waals surface area contributed by atoms with Crippen LogP contribution in [0.2, 0.25) is 0 Å². The Morgan fingerprint density at radius 1 is 1.42 bits per heavy atom. The Labute approximate surface area is 110 Å². The largest absolute Gasteiger partial charge is 0.497 e. The molecule has 0 spiro atoms. The fourth-order valence-electron chi connectivity index (χ4n) is 1.69. The van der Waals surface area contributed by atoms with Crippen LogP contribution in [0.5, 0.6) is 5.75 Å². The van der Waals surface area contributed by atoms with Crippen molar-refractivity contribution in [2.75, 3.05) is 7.11 Å². The highest BCUT2D eigenvalue weighted by molar-refractivity contribution is 5.94. The summed E-state index contributed by atoms with van der Waals surface area (Å²) in [7, 11) is 1.44. The Balaban J connectivity index is 2.12. The number of hydrogen-bond donors (Lipinski definition) is 1. The summed E-state index contributed by atoms with van der Waals surface area (Å²) in [6, 6.07) is 7.24. The average Bonchev–Trinajstić information content (AvgIpc) is 2.92. The number of furan rings is 1. The lowest BCUT2D eigenvalue weighted by atomic mass is 10.1. The second kappa shape index (κ2) is 5.56. The molecule has 100 valence electrons. The van der Waals surface area contributed by atoms with Crippen LogP contribution < -0.4 is 10.1 Å². The van der Waals surface area contributed by atoms with Crippen LogP contribution in [0.3, 0.4) is 0 Å². The van der Waals surface area contributed by atoms with Crippen molar-refractivity contribution in [1.82, 2.24) is 5.32 Å². The number of halogens is 1. The van der Waals surface area contributed by atoms with E-state index in [1.165, 1.54) is 31.6 Å². The summed E-state index contributed by atoms with van der Waals surface area (Å²) >= 11 is 0. The van der Waals surface area contributed by atoms with E-state index < -0.39 is 11.7 Å². The van der Waals surface area contributed by atoms with Crippen molar-refractivity contribution in [3.63, 3.8) is 0 Å². The molecular weight excluding hydrogens is 249 g/mol. The van der Waals surface area contributed by atoms with Crippen LogP contribution >= 0.6 is 0 Å². The molecule has 0 saturated heterocycles. The van der Waals surface area contributed by atoms with Crippen molar-refractivity contribution in [2.45, 2.75) is 13.0 Å². The molecule has 0 aliphatic carbocycles. The number of hydrogen-bond acceptors (Lipinski definition) is 3. The lowest BCUT2D eigenvalue weighted by Crippen LogP contribution is -2.27. The lowest BCUT2D eigenvalue weighted by molar-refractivity contribution is 0.0931. The number of benzene rings is 1. The van der Waals surface area contributed by atoms with Gasteiger partial charge in [0.2, 0.25) is 0 Å². The first-order chi connectivity index (χ1) is 9.11. The SMILES string of the molecule is COc1ccc(C(=O)NC(C)c2ccco2)c(F)c1. The van der Waals surface area contributed by atoms with Crippen LogP contribution in [0, 0.1) is 5.82 Å². The first-order valence-electron chi connectivity index (χ1n) is 5.79. The summed E-state index contributed by atoms with van der Waals surface area (Å²) in [5.41, 5.74) is -0.0285. The lowest BCUT2D eigenvalue weighted by Gasteiger charge is -2.12.